The van der Waals surface area contributed by atoms with Gasteiger partial charge in [-0.15, -0.1) is 0 Å². The van der Waals surface area contributed by atoms with Crippen molar-refractivity contribution >= 4 is 21.4 Å². The van der Waals surface area contributed by atoms with E-state index in [4.69, 9.17) is 4.74 Å². The summed E-state index contributed by atoms with van der Waals surface area (Å²) in [6.45, 7) is 2.20. The number of ether oxygens (including phenoxy) is 1. The van der Waals surface area contributed by atoms with Crippen LogP contribution in [0.2, 0.25) is 0 Å². The van der Waals surface area contributed by atoms with Crippen LogP contribution in [0.15, 0.2) is 83.8 Å². The van der Waals surface area contributed by atoms with Crippen LogP contribution in [0, 0.1) is 5.92 Å². The first-order chi connectivity index (χ1) is 17.2. The lowest BCUT2D eigenvalue weighted by atomic mass is 9.76. The van der Waals surface area contributed by atoms with E-state index < -0.39 is 27.8 Å². The Morgan fingerprint density at radius 1 is 1.03 bits per heavy atom. The average Bonchev–Trinajstić information content (AvgIpc) is 3.34. The van der Waals surface area contributed by atoms with E-state index in [0.717, 1.165) is 11.6 Å². The van der Waals surface area contributed by atoms with Crippen LogP contribution in [-0.4, -0.2) is 15.0 Å². The number of anilines is 2. The molecule has 0 saturated carbocycles. The van der Waals surface area contributed by atoms with Gasteiger partial charge >= 0.3 is 6.18 Å². The minimum atomic E-state index is -4.47. The smallest absolute Gasteiger partial charge is 0.416 e. The number of hydrogen-bond acceptors (Lipinski definition) is 4. The summed E-state index contributed by atoms with van der Waals surface area (Å²) in [7, 11) is -3.94. The molecule has 0 bridgehead atoms. The van der Waals surface area contributed by atoms with Gasteiger partial charge in [-0.2, -0.15) is 13.2 Å². The molecule has 3 atom stereocenters. The third kappa shape index (κ3) is 4.43. The number of sulfonamides is 1. The van der Waals surface area contributed by atoms with Crippen LogP contribution in [0.4, 0.5) is 24.5 Å². The standard InChI is InChI=1S/C27H25F3N2O3S/c1-2-35-25-13-6-5-12-24(25)32-36(33,34)17-14-15-23-21(16-17)18-9-7-10-19(18)26(31-23)20-8-3-4-11-22(20)27(28,29)30/h3-9,11-16,18-19,26,31-32H,2,10H2,1H3/t18-,19+,26-/m0/s1. The van der Waals surface area contributed by atoms with E-state index >= 15 is 0 Å². The summed E-state index contributed by atoms with van der Waals surface area (Å²) < 4.78 is 75.9. The monoisotopic (exact) mass is 514 g/mol. The summed E-state index contributed by atoms with van der Waals surface area (Å²) in [6.07, 6.45) is 0.0290. The van der Waals surface area contributed by atoms with Crippen LogP contribution in [0.1, 0.15) is 42.0 Å². The Kier molecular flexibility index (Phi) is 6.20. The molecule has 0 aromatic heterocycles. The predicted molar refractivity (Wildman–Crippen MR) is 133 cm³/mol. The van der Waals surface area contributed by atoms with E-state index in [1.165, 1.54) is 18.2 Å². The van der Waals surface area contributed by atoms with Crippen LogP contribution in [0.25, 0.3) is 0 Å². The Morgan fingerprint density at radius 2 is 1.78 bits per heavy atom. The lowest BCUT2D eigenvalue weighted by Crippen LogP contribution is -2.31. The highest BCUT2D eigenvalue weighted by Crippen LogP contribution is 2.51. The normalized spacial score (nSPS) is 20.8. The van der Waals surface area contributed by atoms with E-state index in [9.17, 15) is 21.6 Å². The Morgan fingerprint density at radius 3 is 2.56 bits per heavy atom. The van der Waals surface area contributed by atoms with Crippen molar-refractivity contribution in [2.45, 2.75) is 36.4 Å². The molecule has 1 aliphatic carbocycles. The van der Waals surface area contributed by atoms with Gasteiger partial charge in [0.1, 0.15) is 5.75 Å². The Bertz CT molecular complexity index is 1420. The average molecular weight is 515 g/mol. The van der Waals surface area contributed by atoms with E-state index in [1.807, 2.05) is 19.1 Å². The lowest BCUT2D eigenvalue weighted by molar-refractivity contribution is -0.138. The number of allylic oxidation sites excluding steroid dienone is 2. The molecule has 36 heavy (non-hydrogen) atoms. The molecule has 0 unspecified atom stereocenters. The molecule has 0 amide bonds. The molecule has 0 saturated heterocycles. The van der Waals surface area contributed by atoms with Gasteiger partial charge in [0, 0.05) is 11.6 Å². The maximum Gasteiger partial charge on any atom is 0.416 e. The van der Waals surface area contributed by atoms with Crippen LogP contribution >= 0.6 is 0 Å². The first-order valence-electron chi connectivity index (χ1n) is 11.7. The maximum atomic E-state index is 13.8. The van der Waals surface area contributed by atoms with Crippen LogP contribution in [0.3, 0.4) is 0 Å². The summed E-state index contributed by atoms with van der Waals surface area (Å²) in [6, 6.07) is 16.5. The molecule has 0 spiro atoms. The third-order valence-electron chi connectivity index (χ3n) is 6.68. The summed E-state index contributed by atoms with van der Waals surface area (Å²) in [5.41, 5.74) is 1.24. The first-order valence-corrected chi connectivity index (χ1v) is 13.2. The minimum Gasteiger partial charge on any atom is -0.492 e. The first kappa shape index (κ1) is 24.2. The highest BCUT2D eigenvalue weighted by atomic mass is 32.2. The van der Waals surface area contributed by atoms with E-state index in [0.29, 0.717) is 30.2 Å². The summed E-state index contributed by atoms with van der Waals surface area (Å²) in [5, 5.41) is 3.28. The summed E-state index contributed by atoms with van der Waals surface area (Å²) >= 11 is 0. The predicted octanol–water partition coefficient (Wildman–Crippen LogP) is 6.73. The molecule has 188 valence electrons. The van der Waals surface area contributed by atoms with Crippen LogP contribution in [0.5, 0.6) is 5.75 Å². The number of fused-ring (bicyclic) bond motifs is 3. The van der Waals surface area contributed by atoms with Gasteiger partial charge in [-0.25, -0.2) is 8.42 Å². The molecule has 1 aliphatic heterocycles. The fourth-order valence-electron chi connectivity index (χ4n) is 5.11. The molecule has 2 aliphatic rings. The van der Waals surface area contributed by atoms with Crippen molar-refractivity contribution in [3.63, 3.8) is 0 Å². The largest absolute Gasteiger partial charge is 0.492 e. The summed E-state index contributed by atoms with van der Waals surface area (Å²) in [5.74, 6) is 0.0390. The minimum absolute atomic E-state index is 0.0718. The van der Waals surface area contributed by atoms with Crippen molar-refractivity contribution in [2.24, 2.45) is 5.92 Å². The van der Waals surface area contributed by atoms with Crippen LogP contribution in [-0.2, 0) is 16.2 Å². The highest BCUT2D eigenvalue weighted by Gasteiger charge is 2.42. The molecular weight excluding hydrogens is 489 g/mol. The fourth-order valence-corrected chi connectivity index (χ4v) is 6.22. The number of rotatable bonds is 6. The van der Waals surface area contributed by atoms with Gasteiger partial charge in [-0.3, -0.25) is 4.72 Å². The quantitative estimate of drug-likeness (QED) is 0.358. The van der Waals surface area contributed by atoms with Crippen molar-refractivity contribution in [3.05, 3.63) is 95.6 Å². The Balaban J connectivity index is 1.50. The van der Waals surface area contributed by atoms with Gasteiger partial charge in [-0.1, -0.05) is 42.5 Å². The molecular formula is C27H25F3N2O3S. The zero-order valence-electron chi connectivity index (χ0n) is 19.4. The lowest BCUT2D eigenvalue weighted by Gasteiger charge is -2.38. The Hall–Kier alpha value is -3.46. The number of hydrogen-bond donors (Lipinski definition) is 2. The van der Waals surface area contributed by atoms with Crippen molar-refractivity contribution < 1.29 is 26.3 Å². The number of para-hydroxylation sites is 2. The molecule has 9 heteroatoms. The molecule has 5 nitrogen and oxygen atoms in total. The molecule has 0 radical (unpaired) electrons. The SMILES string of the molecule is CCOc1ccccc1NS(=O)(=O)c1ccc2c(c1)[C@H]1C=CC[C@H]1[C@@H](c1ccccc1C(F)(F)F)N2. The van der Waals surface area contributed by atoms with Gasteiger partial charge in [0.05, 0.1) is 28.8 Å². The van der Waals surface area contributed by atoms with Crippen molar-refractivity contribution in [1.82, 2.24) is 0 Å². The van der Waals surface area contributed by atoms with Crippen LogP contribution < -0.4 is 14.8 Å². The van der Waals surface area contributed by atoms with Gasteiger partial charge in [-0.05, 0) is 66.8 Å². The number of halogens is 3. The van der Waals surface area contributed by atoms with E-state index in [-0.39, 0.29) is 22.3 Å². The number of alkyl halides is 3. The molecule has 3 aromatic rings. The fraction of sp³-hybridized carbons (Fsp3) is 0.259. The van der Waals surface area contributed by atoms with E-state index in [1.54, 1.807) is 42.5 Å². The van der Waals surface area contributed by atoms with Gasteiger partial charge in [0.15, 0.2) is 0 Å². The zero-order valence-corrected chi connectivity index (χ0v) is 20.2. The second-order valence-electron chi connectivity index (χ2n) is 8.84. The van der Waals surface area contributed by atoms with E-state index in [2.05, 4.69) is 10.0 Å². The second-order valence-corrected chi connectivity index (χ2v) is 10.5. The third-order valence-corrected chi connectivity index (χ3v) is 8.04. The molecule has 5 rings (SSSR count). The Labute approximate surface area is 208 Å². The van der Waals surface area contributed by atoms with Crippen molar-refractivity contribution in [2.75, 3.05) is 16.6 Å². The summed E-state index contributed by atoms with van der Waals surface area (Å²) in [4.78, 5) is 0.0718. The van der Waals surface area contributed by atoms with Crippen molar-refractivity contribution in [1.29, 1.82) is 0 Å². The van der Waals surface area contributed by atoms with Gasteiger partial charge < -0.3 is 10.1 Å². The molecule has 2 N–H and O–H groups in total. The molecule has 1 heterocycles. The topological polar surface area (TPSA) is 67.4 Å². The highest BCUT2D eigenvalue weighted by molar-refractivity contribution is 7.92. The van der Waals surface area contributed by atoms with Gasteiger partial charge in [0.25, 0.3) is 10.0 Å². The number of nitrogens with one attached hydrogen (secondary N) is 2. The van der Waals surface area contributed by atoms with Crippen molar-refractivity contribution in [3.8, 4) is 5.75 Å². The van der Waals surface area contributed by atoms with Gasteiger partial charge in [0.2, 0.25) is 0 Å². The zero-order chi connectivity index (χ0) is 25.5. The molecule has 3 aromatic carbocycles. The molecule has 0 fully saturated rings. The number of benzene rings is 3. The second kappa shape index (κ2) is 9.20. The maximum absolute atomic E-state index is 13.8.